The van der Waals surface area contributed by atoms with E-state index < -0.39 is 20.2 Å². The van der Waals surface area contributed by atoms with Gasteiger partial charge in [0, 0.05) is 13.1 Å². The molecule has 0 spiro atoms. The molecular weight excluding hydrogens is 296 g/mol. The van der Waals surface area contributed by atoms with E-state index in [1.807, 2.05) is 14.1 Å². The molecule has 0 saturated heterocycles. The highest BCUT2D eigenvalue weighted by atomic mass is 32.2. The van der Waals surface area contributed by atoms with Gasteiger partial charge in [0.15, 0.2) is 0 Å². The zero-order chi connectivity index (χ0) is 15.3. The van der Waals surface area contributed by atoms with Crippen LogP contribution in [0.1, 0.15) is 0 Å². The highest BCUT2D eigenvalue weighted by molar-refractivity contribution is 7.86. The van der Waals surface area contributed by atoms with E-state index in [1.54, 1.807) is 11.9 Å². The number of likely N-dealkylation sites (N-methyl/N-ethyl adjacent to an activating group) is 2. The van der Waals surface area contributed by atoms with Gasteiger partial charge < -0.3 is 4.48 Å². The molecular formula is C9H23N2O6S2+. The monoisotopic (exact) mass is 319 g/mol. The van der Waals surface area contributed by atoms with E-state index in [-0.39, 0.29) is 24.6 Å². The molecule has 0 bridgehead atoms. The second-order valence-corrected chi connectivity index (χ2v) is 8.40. The molecule has 0 unspecified atom stereocenters. The average molecular weight is 319 g/mol. The van der Waals surface area contributed by atoms with Crippen LogP contribution < -0.4 is 0 Å². The molecule has 0 atom stereocenters. The summed E-state index contributed by atoms with van der Waals surface area (Å²) in [6, 6.07) is 0. The van der Waals surface area contributed by atoms with Crippen molar-refractivity contribution in [3.05, 3.63) is 0 Å². The predicted molar refractivity (Wildman–Crippen MR) is 72.2 cm³/mol. The minimum atomic E-state index is -3.97. The first-order chi connectivity index (χ1) is 8.31. The Bertz CT molecular complexity index is 471. The van der Waals surface area contributed by atoms with Crippen molar-refractivity contribution in [3.63, 3.8) is 0 Å². The molecule has 0 aromatic rings. The summed E-state index contributed by atoms with van der Waals surface area (Å²) in [5, 5.41) is 0. The van der Waals surface area contributed by atoms with Crippen molar-refractivity contribution in [2.24, 2.45) is 0 Å². The van der Waals surface area contributed by atoms with Gasteiger partial charge in [0.1, 0.15) is 5.75 Å². The smallest absolute Gasteiger partial charge is 0.270 e. The van der Waals surface area contributed by atoms with Crippen LogP contribution in [0.3, 0.4) is 0 Å². The number of nitrogens with zero attached hydrogens (tertiary/aromatic N) is 2. The Labute approximate surface area is 115 Å². The maximum absolute atomic E-state index is 10.7. The van der Waals surface area contributed by atoms with Crippen molar-refractivity contribution in [2.75, 3.05) is 58.8 Å². The Hall–Kier alpha value is -0.260. The van der Waals surface area contributed by atoms with Crippen LogP contribution in [0.15, 0.2) is 0 Å². The second kappa shape index (κ2) is 6.95. The van der Waals surface area contributed by atoms with Crippen molar-refractivity contribution in [1.29, 1.82) is 0 Å². The lowest BCUT2D eigenvalue weighted by molar-refractivity contribution is -0.887. The van der Waals surface area contributed by atoms with Gasteiger partial charge >= 0.3 is 0 Å². The summed E-state index contributed by atoms with van der Waals surface area (Å²) in [7, 11) is -2.57. The molecule has 19 heavy (non-hydrogen) atoms. The van der Waals surface area contributed by atoms with Crippen molar-refractivity contribution in [1.82, 2.24) is 4.90 Å². The lowest BCUT2D eigenvalue weighted by Crippen LogP contribution is -2.47. The normalized spacial score (nSPS) is 14.0. The zero-order valence-electron chi connectivity index (χ0n) is 11.5. The molecule has 8 nitrogen and oxygen atoms in total. The molecule has 0 rings (SSSR count). The molecule has 0 fully saturated rings. The Morgan fingerprint density at radius 1 is 0.895 bits per heavy atom. The first-order valence-electron chi connectivity index (χ1n) is 5.72. The van der Waals surface area contributed by atoms with Gasteiger partial charge in [-0.15, -0.1) is 0 Å². The topological polar surface area (TPSA) is 112 Å². The summed E-state index contributed by atoms with van der Waals surface area (Å²) in [6.45, 7) is 1.62. The summed E-state index contributed by atoms with van der Waals surface area (Å²) < 4.78 is 60.2. The van der Waals surface area contributed by atoms with Crippen LogP contribution in [-0.4, -0.2) is 94.2 Å². The molecule has 0 aromatic carbocycles. The third-order valence-electron chi connectivity index (χ3n) is 2.77. The van der Waals surface area contributed by atoms with Crippen LogP contribution in [0, 0.1) is 0 Å². The first kappa shape index (κ1) is 18.7. The molecule has 0 aliphatic heterocycles. The van der Waals surface area contributed by atoms with Gasteiger partial charge in [-0.2, -0.15) is 16.8 Å². The van der Waals surface area contributed by atoms with E-state index in [2.05, 4.69) is 0 Å². The quantitative estimate of drug-likeness (QED) is 0.404. The molecule has 0 saturated carbocycles. The molecule has 0 heterocycles. The molecule has 2 N–H and O–H groups in total. The fraction of sp³-hybridized carbons (Fsp3) is 1.00. The summed E-state index contributed by atoms with van der Waals surface area (Å²) in [6.07, 6.45) is 0. The van der Waals surface area contributed by atoms with Crippen LogP contribution in [-0.2, 0) is 20.2 Å². The van der Waals surface area contributed by atoms with E-state index in [4.69, 9.17) is 9.11 Å². The summed E-state index contributed by atoms with van der Waals surface area (Å²) in [5.74, 6) is -0.642. The van der Waals surface area contributed by atoms with Crippen molar-refractivity contribution >= 4 is 20.2 Å². The van der Waals surface area contributed by atoms with Crippen LogP contribution >= 0.6 is 0 Å². The van der Waals surface area contributed by atoms with Crippen LogP contribution in [0.5, 0.6) is 0 Å². The van der Waals surface area contributed by atoms with Gasteiger partial charge in [0.05, 0.1) is 32.9 Å². The van der Waals surface area contributed by atoms with Crippen LogP contribution in [0.4, 0.5) is 0 Å². The summed E-state index contributed by atoms with van der Waals surface area (Å²) in [5.41, 5.74) is 0. The Morgan fingerprint density at radius 2 is 1.37 bits per heavy atom. The van der Waals surface area contributed by atoms with Gasteiger partial charge in [-0.3, -0.25) is 14.0 Å². The molecule has 10 heteroatoms. The SMILES string of the molecule is CN(CC[N+](C)(C)CCS(=O)(=O)O)CCS(=O)(=O)O. The summed E-state index contributed by atoms with van der Waals surface area (Å²) >= 11 is 0. The molecule has 0 radical (unpaired) electrons. The largest absolute Gasteiger partial charge is 0.326 e. The maximum Gasteiger partial charge on any atom is 0.270 e. The number of hydrogen-bond acceptors (Lipinski definition) is 5. The minimum Gasteiger partial charge on any atom is -0.326 e. The fourth-order valence-electron chi connectivity index (χ4n) is 1.30. The third-order valence-corrected chi connectivity index (χ3v) is 4.17. The Balaban J connectivity index is 4.09. The average Bonchev–Trinajstić information content (AvgIpc) is 2.19. The van der Waals surface area contributed by atoms with E-state index in [1.165, 1.54) is 0 Å². The predicted octanol–water partition coefficient (Wildman–Crippen LogP) is -1.23. The molecule has 0 amide bonds. The maximum atomic E-state index is 10.7. The van der Waals surface area contributed by atoms with E-state index >= 15 is 0 Å². The van der Waals surface area contributed by atoms with Crippen molar-refractivity contribution in [3.8, 4) is 0 Å². The van der Waals surface area contributed by atoms with Gasteiger partial charge in [0.25, 0.3) is 20.2 Å². The van der Waals surface area contributed by atoms with Crippen LogP contribution in [0.2, 0.25) is 0 Å². The molecule has 0 aliphatic carbocycles. The summed E-state index contributed by atoms with van der Waals surface area (Å²) in [4.78, 5) is 1.74. The number of quaternary nitrogens is 1. The Morgan fingerprint density at radius 3 is 1.79 bits per heavy atom. The van der Waals surface area contributed by atoms with Crippen molar-refractivity contribution in [2.45, 2.75) is 0 Å². The first-order valence-corrected chi connectivity index (χ1v) is 8.93. The van der Waals surface area contributed by atoms with Gasteiger partial charge in [-0.25, -0.2) is 0 Å². The van der Waals surface area contributed by atoms with Crippen molar-refractivity contribution < 1.29 is 30.4 Å². The Kier molecular flexibility index (Phi) is 6.86. The van der Waals surface area contributed by atoms with Gasteiger partial charge in [0.2, 0.25) is 0 Å². The standard InChI is InChI=1S/C9H22N2O6S2/c1-10(5-8-18(12,13)14)4-6-11(2,3)7-9-19(15,16)17/h4-9H2,1-3H3,(H-,12,13,14,15,16,17)/p+1. The third kappa shape index (κ3) is 12.5. The van der Waals surface area contributed by atoms with E-state index in [9.17, 15) is 16.8 Å². The molecule has 0 aliphatic rings. The van der Waals surface area contributed by atoms with Gasteiger partial charge in [-0.1, -0.05) is 0 Å². The second-order valence-electron chi connectivity index (χ2n) is 5.26. The van der Waals surface area contributed by atoms with E-state index in [0.29, 0.717) is 17.6 Å². The molecule has 0 aromatic heterocycles. The minimum absolute atomic E-state index is 0.205. The lowest BCUT2D eigenvalue weighted by atomic mass is 10.4. The number of hydrogen-bond donors (Lipinski definition) is 2. The molecule has 116 valence electrons. The number of rotatable bonds is 9. The van der Waals surface area contributed by atoms with E-state index in [0.717, 1.165) is 0 Å². The lowest BCUT2D eigenvalue weighted by Gasteiger charge is -2.31. The zero-order valence-corrected chi connectivity index (χ0v) is 13.1. The van der Waals surface area contributed by atoms with Crippen LogP contribution in [0.25, 0.3) is 0 Å². The highest BCUT2D eigenvalue weighted by Crippen LogP contribution is 1.99. The fourth-order valence-corrected chi connectivity index (χ4v) is 2.57. The highest BCUT2D eigenvalue weighted by Gasteiger charge is 2.19. The van der Waals surface area contributed by atoms with Gasteiger partial charge in [-0.05, 0) is 7.05 Å².